The monoisotopic (exact) mass is 300 g/mol. The lowest BCUT2D eigenvalue weighted by atomic mass is 10.3. The van der Waals surface area contributed by atoms with Crippen molar-refractivity contribution in [3.63, 3.8) is 0 Å². The summed E-state index contributed by atoms with van der Waals surface area (Å²) in [6.07, 6.45) is 0. The topological polar surface area (TPSA) is 64.4 Å². The summed E-state index contributed by atoms with van der Waals surface area (Å²) in [4.78, 5) is 12.4. The molecule has 0 bridgehead atoms. The summed E-state index contributed by atoms with van der Waals surface area (Å²) in [5, 5.41) is 15.7. The molecule has 6 heteroatoms. The number of hydrogen-bond acceptors (Lipinski definition) is 4. The highest BCUT2D eigenvalue weighted by Gasteiger charge is 2.17. The molecular formula is C15H12N2O3S. The molecule has 0 aliphatic rings. The number of carbonyl (C=O) groups is 1. The molecule has 21 heavy (non-hydrogen) atoms. The number of ether oxygens (including phenoxy) is 1. The number of carboxylic acids is 1. The summed E-state index contributed by atoms with van der Waals surface area (Å²) in [5.74, 6) is -0.303. The first kappa shape index (κ1) is 13.4. The van der Waals surface area contributed by atoms with Gasteiger partial charge in [0.1, 0.15) is 11.4 Å². The Bertz CT molecular complexity index is 761. The molecule has 0 amide bonds. The van der Waals surface area contributed by atoms with E-state index in [4.69, 9.17) is 4.74 Å². The molecule has 0 aliphatic carbocycles. The maximum atomic E-state index is 11.4. The van der Waals surface area contributed by atoms with E-state index < -0.39 is 5.97 Å². The number of aromatic carboxylic acids is 1. The Hall–Kier alpha value is -2.60. The zero-order valence-corrected chi connectivity index (χ0v) is 12.0. The minimum Gasteiger partial charge on any atom is -0.497 e. The number of thiophene rings is 1. The second-order valence-electron chi connectivity index (χ2n) is 4.31. The normalized spacial score (nSPS) is 10.5. The molecule has 5 nitrogen and oxygen atoms in total. The SMILES string of the molecule is COc1ccc(-n2nc(-c3cccs3)cc2C(=O)O)cc1. The highest BCUT2D eigenvalue weighted by molar-refractivity contribution is 7.13. The molecule has 0 unspecified atom stereocenters. The van der Waals surface area contributed by atoms with Gasteiger partial charge in [-0.1, -0.05) is 6.07 Å². The summed E-state index contributed by atoms with van der Waals surface area (Å²) < 4.78 is 6.53. The highest BCUT2D eigenvalue weighted by Crippen LogP contribution is 2.26. The van der Waals surface area contributed by atoms with Crippen molar-refractivity contribution >= 4 is 17.3 Å². The summed E-state index contributed by atoms with van der Waals surface area (Å²) in [7, 11) is 1.58. The van der Waals surface area contributed by atoms with E-state index in [9.17, 15) is 9.90 Å². The standard InChI is InChI=1S/C15H12N2O3S/c1-20-11-6-4-10(5-7-11)17-13(15(18)19)9-12(16-17)14-3-2-8-21-14/h2-9H,1H3,(H,18,19). The van der Waals surface area contributed by atoms with Crippen LogP contribution in [0.2, 0.25) is 0 Å². The van der Waals surface area contributed by atoms with E-state index in [-0.39, 0.29) is 5.69 Å². The number of carboxylic acid groups (broad SMARTS) is 1. The maximum absolute atomic E-state index is 11.4. The van der Waals surface area contributed by atoms with Crippen LogP contribution >= 0.6 is 11.3 Å². The van der Waals surface area contributed by atoms with Crippen LogP contribution in [0.15, 0.2) is 47.8 Å². The Morgan fingerprint density at radius 3 is 2.62 bits per heavy atom. The van der Waals surface area contributed by atoms with Gasteiger partial charge in [0.05, 0.1) is 17.7 Å². The molecule has 3 aromatic rings. The quantitative estimate of drug-likeness (QED) is 0.803. The predicted octanol–water partition coefficient (Wildman–Crippen LogP) is 3.31. The number of rotatable bonds is 4. The Morgan fingerprint density at radius 2 is 2.05 bits per heavy atom. The summed E-state index contributed by atoms with van der Waals surface area (Å²) in [5.41, 5.74) is 1.46. The molecule has 1 N–H and O–H groups in total. The van der Waals surface area contributed by atoms with Crippen LogP contribution in [-0.4, -0.2) is 28.0 Å². The van der Waals surface area contributed by atoms with Gasteiger partial charge in [0.25, 0.3) is 0 Å². The minimum absolute atomic E-state index is 0.128. The first-order valence-electron chi connectivity index (χ1n) is 6.20. The Morgan fingerprint density at radius 1 is 1.29 bits per heavy atom. The van der Waals surface area contributed by atoms with Gasteiger partial charge >= 0.3 is 5.97 Å². The Kier molecular flexibility index (Phi) is 3.45. The molecule has 0 aliphatic heterocycles. The predicted molar refractivity (Wildman–Crippen MR) is 80.4 cm³/mol. The van der Waals surface area contributed by atoms with Crippen molar-refractivity contribution in [2.75, 3.05) is 7.11 Å². The van der Waals surface area contributed by atoms with Crippen LogP contribution in [0, 0.1) is 0 Å². The van der Waals surface area contributed by atoms with Gasteiger partial charge in [-0.15, -0.1) is 11.3 Å². The van der Waals surface area contributed by atoms with Crippen LogP contribution in [0.5, 0.6) is 5.75 Å². The third kappa shape index (κ3) is 2.53. The van der Waals surface area contributed by atoms with E-state index in [1.54, 1.807) is 37.4 Å². The fourth-order valence-electron chi connectivity index (χ4n) is 2.00. The van der Waals surface area contributed by atoms with E-state index in [2.05, 4.69) is 5.10 Å². The number of hydrogen-bond donors (Lipinski definition) is 1. The van der Waals surface area contributed by atoms with Crippen LogP contribution in [0.3, 0.4) is 0 Å². The third-order valence-corrected chi connectivity index (χ3v) is 3.91. The molecule has 0 radical (unpaired) electrons. The van der Waals surface area contributed by atoms with Gasteiger partial charge in [0.2, 0.25) is 0 Å². The largest absolute Gasteiger partial charge is 0.497 e. The Balaban J connectivity index is 2.09. The Labute approximate surface area is 125 Å². The van der Waals surface area contributed by atoms with Gasteiger partial charge in [0, 0.05) is 6.07 Å². The van der Waals surface area contributed by atoms with Gasteiger partial charge in [-0.2, -0.15) is 5.10 Å². The lowest BCUT2D eigenvalue weighted by Crippen LogP contribution is -2.07. The average molecular weight is 300 g/mol. The number of methoxy groups -OCH3 is 1. The minimum atomic E-state index is -1.01. The van der Waals surface area contributed by atoms with Gasteiger partial charge < -0.3 is 9.84 Å². The molecule has 1 aromatic carbocycles. The summed E-state index contributed by atoms with van der Waals surface area (Å²) >= 11 is 1.52. The van der Waals surface area contributed by atoms with Gasteiger partial charge in [-0.05, 0) is 35.7 Å². The second kappa shape index (κ2) is 5.41. The molecule has 2 aromatic heterocycles. The summed E-state index contributed by atoms with van der Waals surface area (Å²) in [6, 6.07) is 12.5. The lowest BCUT2D eigenvalue weighted by molar-refractivity contribution is 0.0687. The molecule has 2 heterocycles. The molecule has 0 fully saturated rings. The van der Waals surface area contributed by atoms with E-state index in [1.807, 2.05) is 17.5 Å². The van der Waals surface area contributed by atoms with E-state index >= 15 is 0 Å². The van der Waals surface area contributed by atoms with Crippen LogP contribution < -0.4 is 4.74 Å². The molecule has 0 saturated heterocycles. The van der Waals surface area contributed by atoms with Crippen molar-refractivity contribution in [3.05, 3.63) is 53.5 Å². The average Bonchev–Trinajstić information content (AvgIpc) is 3.16. The van der Waals surface area contributed by atoms with Gasteiger partial charge in [-0.25, -0.2) is 9.48 Å². The van der Waals surface area contributed by atoms with Crippen molar-refractivity contribution in [2.24, 2.45) is 0 Å². The van der Waals surface area contributed by atoms with E-state index in [0.717, 1.165) is 4.88 Å². The number of aromatic nitrogens is 2. The maximum Gasteiger partial charge on any atom is 0.354 e. The van der Waals surface area contributed by atoms with Crippen molar-refractivity contribution in [1.82, 2.24) is 9.78 Å². The molecule has 3 rings (SSSR count). The van der Waals surface area contributed by atoms with Gasteiger partial charge in [-0.3, -0.25) is 0 Å². The fourth-order valence-corrected chi connectivity index (χ4v) is 2.68. The number of nitrogens with zero attached hydrogens (tertiary/aromatic N) is 2. The highest BCUT2D eigenvalue weighted by atomic mass is 32.1. The van der Waals surface area contributed by atoms with Crippen LogP contribution in [0.1, 0.15) is 10.5 Å². The molecule has 0 saturated carbocycles. The van der Waals surface area contributed by atoms with Gasteiger partial charge in [0.15, 0.2) is 5.69 Å². The first-order valence-corrected chi connectivity index (χ1v) is 7.08. The van der Waals surface area contributed by atoms with E-state index in [1.165, 1.54) is 16.0 Å². The molecule has 0 spiro atoms. The van der Waals surface area contributed by atoms with Crippen molar-refractivity contribution < 1.29 is 14.6 Å². The first-order chi connectivity index (χ1) is 10.2. The second-order valence-corrected chi connectivity index (χ2v) is 5.25. The van der Waals surface area contributed by atoms with Crippen LogP contribution in [0.4, 0.5) is 0 Å². The van der Waals surface area contributed by atoms with Crippen molar-refractivity contribution in [2.45, 2.75) is 0 Å². The summed E-state index contributed by atoms with van der Waals surface area (Å²) in [6.45, 7) is 0. The zero-order valence-electron chi connectivity index (χ0n) is 11.2. The van der Waals surface area contributed by atoms with Crippen LogP contribution in [0.25, 0.3) is 16.3 Å². The molecule has 0 atom stereocenters. The zero-order chi connectivity index (χ0) is 14.8. The van der Waals surface area contributed by atoms with Crippen LogP contribution in [-0.2, 0) is 0 Å². The molecule has 106 valence electrons. The number of benzene rings is 1. The smallest absolute Gasteiger partial charge is 0.354 e. The fraction of sp³-hybridized carbons (Fsp3) is 0.0667. The third-order valence-electron chi connectivity index (χ3n) is 3.02. The van der Waals surface area contributed by atoms with Crippen molar-refractivity contribution in [3.8, 4) is 22.0 Å². The van der Waals surface area contributed by atoms with E-state index in [0.29, 0.717) is 17.1 Å². The van der Waals surface area contributed by atoms with Crippen molar-refractivity contribution in [1.29, 1.82) is 0 Å². The molecular weight excluding hydrogens is 288 g/mol. The lowest BCUT2D eigenvalue weighted by Gasteiger charge is -2.05.